The maximum Gasteiger partial charge on any atom is 0.266 e. The third-order valence-corrected chi connectivity index (χ3v) is 7.50. The van der Waals surface area contributed by atoms with Crippen molar-refractivity contribution in [1.82, 2.24) is 14.9 Å². The lowest BCUT2D eigenvalue weighted by Crippen LogP contribution is -2.39. The van der Waals surface area contributed by atoms with Gasteiger partial charge in [0, 0.05) is 24.6 Å². The molecule has 1 saturated heterocycles. The molecule has 0 aliphatic carbocycles. The number of likely N-dealkylation sites (tertiary alicyclic amines) is 1. The molecule has 0 saturated carbocycles. The van der Waals surface area contributed by atoms with Gasteiger partial charge in [0.15, 0.2) is 0 Å². The van der Waals surface area contributed by atoms with Crippen LogP contribution in [0.4, 0.5) is 0 Å². The van der Waals surface area contributed by atoms with E-state index in [1.165, 1.54) is 16.0 Å². The smallest absolute Gasteiger partial charge is 0.266 e. The molecule has 2 aromatic carbocycles. The van der Waals surface area contributed by atoms with Gasteiger partial charge in [-0.1, -0.05) is 42.5 Å². The topological polar surface area (TPSA) is 46.1 Å². The molecule has 29 heavy (non-hydrogen) atoms. The van der Waals surface area contributed by atoms with Gasteiger partial charge in [0.1, 0.15) is 4.88 Å². The Kier molecular flexibility index (Phi) is 4.89. The molecule has 0 N–H and O–H groups in total. The molecule has 0 spiro atoms. The van der Waals surface area contributed by atoms with Crippen LogP contribution in [-0.2, 0) is 0 Å². The van der Waals surface area contributed by atoms with Gasteiger partial charge in [-0.3, -0.25) is 4.79 Å². The van der Waals surface area contributed by atoms with E-state index in [1.807, 2.05) is 48.2 Å². The lowest BCUT2D eigenvalue weighted by Gasteiger charge is -2.31. The molecule has 0 radical (unpaired) electrons. The standard InChI is InChI=1S/C23H21N3OS2/c1-15-24-20(16-8-3-2-4-9-16)21(28-15)23(27)26-13-7-10-17(14-26)22-25-18-11-5-6-12-19(18)29-22/h2-6,8-9,11-12,17H,7,10,13-14H2,1H3. The number of thiazole rings is 2. The number of rotatable bonds is 3. The number of para-hydroxylation sites is 1. The predicted molar refractivity (Wildman–Crippen MR) is 120 cm³/mol. The quantitative estimate of drug-likeness (QED) is 0.425. The fourth-order valence-electron chi connectivity index (χ4n) is 3.94. The fraction of sp³-hybridized carbons (Fsp3) is 0.261. The molecule has 0 bridgehead atoms. The summed E-state index contributed by atoms with van der Waals surface area (Å²) in [4.78, 5) is 25.7. The molecule has 4 aromatic rings. The van der Waals surface area contributed by atoms with Gasteiger partial charge in [0.05, 0.1) is 25.9 Å². The molecule has 1 unspecified atom stereocenters. The van der Waals surface area contributed by atoms with Gasteiger partial charge in [-0.2, -0.15) is 0 Å². The Balaban J connectivity index is 1.42. The second-order valence-corrected chi connectivity index (χ2v) is 9.65. The summed E-state index contributed by atoms with van der Waals surface area (Å²) in [7, 11) is 0. The van der Waals surface area contributed by atoms with E-state index in [4.69, 9.17) is 4.98 Å². The first kappa shape index (κ1) is 18.5. The van der Waals surface area contributed by atoms with E-state index >= 15 is 0 Å². The molecule has 1 aliphatic rings. The van der Waals surface area contributed by atoms with Crippen molar-refractivity contribution in [2.45, 2.75) is 25.7 Å². The van der Waals surface area contributed by atoms with Crippen LogP contribution in [0.2, 0.25) is 0 Å². The van der Waals surface area contributed by atoms with Gasteiger partial charge in [-0.05, 0) is 31.9 Å². The number of hydrogen-bond donors (Lipinski definition) is 0. The largest absolute Gasteiger partial charge is 0.337 e. The Hall–Kier alpha value is -2.57. The Morgan fingerprint density at radius 3 is 2.66 bits per heavy atom. The highest BCUT2D eigenvalue weighted by Gasteiger charge is 2.30. The van der Waals surface area contributed by atoms with Crippen molar-refractivity contribution in [3.8, 4) is 11.3 Å². The molecule has 1 fully saturated rings. The van der Waals surface area contributed by atoms with Gasteiger partial charge in [0.2, 0.25) is 0 Å². The van der Waals surface area contributed by atoms with E-state index in [2.05, 4.69) is 23.2 Å². The zero-order valence-electron chi connectivity index (χ0n) is 16.2. The number of piperidine rings is 1. The number of amides is 1. The zero-order chi connectivity index (χ0) is 19.8. The number of nitrogens with zero attached hydrogens (tertiary/aromatic N) is 3. The first-order valence-corrected chi connectivity index (χ1v) is 11.5. The summed E-state index contributed by atoms with van der Waals surface area (Å²) < 4.78 is 1.22. The summed E-state index contributed by atoms with van der Waals surface area (Å²) >= 11 is 3.26. The van der Waals surface area contributed by atoms with E-state index in [1.54, 1.807) is 11.3 Å². The second-order valence-electron chi connectivity index (χ2n) is 7.39. The van der Waals surface area contributed by atoms with Gasteiger partial charge in [-0.25, -0.2) is 9.97 Å². The summed E-state index contributed by atoms with van der Waals surface area (Å²) in [5, 5.41) is 2.07. The van der Waals surface area contributed by atoms with Crippen LogP contribution < -0.4 is 0 Å². The molecule has 5 rings (SSSR count). The Morgan fingerprint density at radius 2 is 1.83 bits per heavy atom. The summed E-state index contributed by atoms with van der Waals surface area (Å²) in [6, 6.07) is 18.3. The van der Waals surface area contributed by atoms with Crippen molar-refractivity contribution in [2.75, 3.05) is 13.1 Å². The third-order valence-electron chi connectivity index (χ3n) is 5.34. The summed E-state index contributed by atoms with van der Waals surface area (Å²) in [5.74, 6) is 0.402. The van der Waals surface area contributed by atoms with Crippen LogP contribution in [0.3, 0.4) is 0 Å². The molecule has 3 heterocycles. The highest BCUT2D eigenvalue weighted by molar-refractivity contribution is 7.18. The lowest BCUT2D eigenvalue weighted by atomic mass is 9.98. The van der Waals surface area contributed by atoms with Gasteiger partial charge >= 0.3 is 0 Å². The maximum atomic E-state index is 13.4. The Morgan fingerprint density at radius 1 is 1.03 bits per heavy atom. The van der Waals surface area contributed by atoms with Crippen molar-refractivity contribution in [3.63, 3.8) is 0 Å². The van der Waals surface area contributed by atoms with Gasteiger partial charge in [0.25, 0.3) is 5.91 Å². The van der Waals surface area contributed by atoms with E-state index in [0.717, 1.165) is 57.6 Å². The molecular formula is C23H21N3OS2. The molecule has 4 nitrogen and oxygen atoms in total. The zero-order valence-corrected chi connectivity index (χ0v) is 17.8. The van der Waals surface area contributed by atoms with Crippen LogP contribution in [0.15, 0.2) is 54.6 Å². The third kappa shape index (κ3) is 3.58. The monoisotopic (exact) mass is 419 g/mol. The van der Waals surface area contributed by atoms with Crippen LogP contribution in [0, 0.1) is 6.92 Å². The minimum atomic E-state index is 0.0975. The average molecular weight is 420 g/mol. The van der Waals surface area contributed by atoms with Gasteiger partial charge < -0.3 is 4.90 Å². The van der Waals surface area contributed by atoms with Crippen molar-refractivity contribution >= 4 is 38.8 Å². The molecule has 2 aromatic heterocycles. The van der Waals surface area contributed by atoms with E-state index in [-0.39, 0.29) is 5.91 Å². The Bertz CT molecular complexity index is 1130. The van der Waals surface area contributed by atoms with Crippen molar-refractivity contribution in [2.24, 2.45) is 0 Å². The van der Waals surface area contributed by atoms with Crippen molar-refractivity contribution in [1.29, 1.82) is 0 Å². The summed E-state index contributed by atoms with van der Waals surface area (Å²) in [6.45, 7) is 3.49. The fourth-order valence-corrected chi connectivity index (χ4v) is 5.94. The van der Waals surface area contributed by atoms with E-state index < -0.39 is 0 Å². The van der Waals surface area contributed by atoms with Crippen LogP contribution >= 0.6 is 22.7 Å². The van der Waals surface area contributed by atoms with Crippen molar-refractivity contribution in [3.05, 3.63) is 69.5 Å². The number of hydrogen-bond acceptors (Lipinski definition) is 5. The summed E-state index contributed by atoms with van der Waals surface area (Å²) in [5.41, 5.74) is 2.86. The lowest BCUT2D eigenvalue weighted by molar-refractivity contribution is 0.0712. The molecule has 6 heteroatoms. The van der Waals surface area contributed by atoms with Crippen LogP contribution in [-0.4, -0.2) is 33.9 Å². The number of carbonyl (C=O) groups excluding carboxylic acids is 1. The van der Waals surface area contributed by atoms with Gasteiger partial charge in [-0.15, -0.1) is 22.7 Å². The summed E-state index contributed by atoms with van der Waals surface area (Å²) in [6.07, 6.45) is 2.08. The number of aryl methyl sites for hydroxylation is 1. The molecule has 1 aliphatic heterocycles. The molecule has 146 valence electrons. The number of aromatic nitrogens is 2. The Labute approximate surface area is 177 Å². The first-order valence-electron chi connectivity index (χ1n) is 9.86. The van der Waals surface area contributed by atoms with Crippen LogP contribution in [0.25, 0.3) is 21.5 Å². The number of carbonyl (C=O) groups is 1. The highest BCUT2D eigenvalue weighted by atomic mass is 32.1. The second kappa shape index (κ2) is 7.69. The average Bonchev–Trinajstić information content (AvgIpc) is 3.37. The van der Waals surface area contributed by atoms with Crippen LogP contribution in [0.1, 0.15) is 38.4 Å². The normalized spacial score (nSPS) is 17.0. The minimum absolute atomic E-state index is 0.0975. The predicted octanol–water partition coefficient (Wildman–Crippen LogP) is 5.75. The minimum Gasteiger partial charge on any atom is -0.337 e. The highest BCUT2D eigenvalue weighted by Crippen LogP contribution is 2.35. The first-order chi connectivity index (χ1) is 14.2. The maximum absolute atomic E-state index is 13.4. The molecule has 1 amide bonds. The number of fused-ring (bicyclic) bond motifs is 1. The SMILES string of the molecule is Cc1nc(-c2ccccc2)c(C(=O)N2CCCC(c3nc4ccccc4s3)C2)s1. The molecular weight excluding hydrogens is 398 g/mol. The molecule has 1 atom stereocenters. The number of benzene rings is 2. The van der Waals surface area contributed by atoms with E-state index in [9.17, 15) is 4.79 Å². The van der Waals surface area contributed by atoms with E-state index in [0.29, 0.717) is 5.92 Å². The van der Waals surface area contributed by atoms with Crippen molar-refractivity contribution < 1.29 is 4.79 Å². The van der Waals surface area contributed by atoms with Crippen LogP contribution in [0.5, 0.6) is 0 Å².